The minimum Gasteiger partial charge on any atom is -0.399 e. The molecule has 0 bridgehead atoms. The molecule has 0 amide bonds. The number of likely N-dealkylation sites (tertiary alicyclic amines) is 1. The second-order valence-corrected chi connectivity index (χ2v) is 5.64. The lowest BCUT2D eigenvalue weighted by Gasteiger charge is -2.28. The summed E-state index contributed by atoms with van der Waals surface area (Å²) in [4.78, 5) is 2.65. The van der Waals surface area contributed by atoms with Crippen LogP contribution in [-0.4, -0.2) is 24.5 Å². The first-order valence-corrected chi connectivity index (χ1v) is 6.91. The monoisotopic (exact) mass is 230 g/mol. The van der Waals surface area contributed by atoms with Crippen LogP contribution < -0.4 is 5.73 Å². The summed E-state index contributed by atoms with van der Waals surface area (Å²) in [6, 6.07) is 6.46. The average molecular weight is 230 g/mol. The third kappa shape index (κ3) is 2.47. The summed E-state index contributed by atoms with van der Waals surface area (Å²) in [5.41, 5.74) is 9.78. The van der Waals surface area contributed by atoms with E-state index in [1.165, 1.54) is 62.9 Å². The molecule has 2 heteroatoms. The minimum atomic E-state index is 0.865. The Balaban J connectivity index is 1.65. The quantitative estimate of drug-likeness (QED) is 0.791. The van der Waals surface area contributed by atoms with Crippen LogP contribution in [0.25, 0.3) is 0 Å². The van der Waals surface area contributed by atoms with Crippen molar-refractivity contribution in [3.8, 4) is 0 Å². The van der Waals surface area contributed by atoms with Crippen LogP contribution in [0.3, 0.4) is 0 Å². The van der Waals surface area contributed by atoms with Crippen LogP contribution in [0.4, 0.5) is 5.69 Å². The molecule has 0 saturated carbocycles. The van der Waals surface area contributed by atoms with E-state index in [9.17, 15) is 0 Å². The minimum absolute atomic E-state index is 0.865. The lowest BCUT2D eigenvalue weighted by molar-refractivity contribution is 0.262. The summed E-state index contributed by atoms with van der Waals surface area (Å²) >= 11 is 0. The zero-order valence-electron chi connectivity index (χ0n) is 10.5. The van der Waals surface area contributed by atoms with Crippen LogP contribution in [-0.2, 0) is 12.8 Å². The standard InChI is InChI=1S/C15H22N2/c16-15-6-5-13-9-12(3-4-14(13)10-15)11-17-7-1-2-8-17/h5-6,10,12H,1-4,7-9,11,16H2. The lowest BCUT2D eigenvalue weighted by atomic mass is 9.83. The smallest absolute Gasteiger partial charge is 0.0316 e. The van der Waals surface area contributed by atoms with Crippen molar-refractivity contribution >= 4 is 5.69 Å². The molecule has 1 fully saturated rings. The first-order chi connectivity index (χ1) is 8.31. The van der Waals surface area contributed by atoms with Crippen molar-refractivity contribution in [2.75, 3.05) is 25.4 Å². The number of nitrogens with two attached hydrogens (primary N) is 1. The van der Waals surface area contributed by atoms with Crippen molar-refractivity contribution in [3.63, 3.8) is 0 Å². The van der Waals surface area contributed by atoms with Crippen LogP contribution in [0, 0.1) is 5.92 Å². The Morgan fingerprint density at radius 3 is 2.82 bits per heavy atom. The first kappa shape index (κ1) is 11.1. The average Bonchev–Trinajstić information content (AvgIpc) is 2.82. The number of anilines is 1. The van der Waals surface area contributed by atoms with Gasteiger partial charge < -0.3 is 10.6 Å². The highest BCUT2D eigenvalue weighted by Gasteiger charge is 2.22. The van der Waals surface area contributed by atoms with Gasteiger partial charge in [-0.25, -0.2) is 0 Å². The van der Waals surface area contributed by atoms with E-state index in [1.807, 2.05) is 0 Å². The van der Waals surface area contributed by atoms with Crippen molar-refractivity contribution in [2.24, 2.45) is 5.92 Å². The van der Waals surface area contributed by atoms with Crippen molar-refractivity contribution in [3.05, 3.63) is 29.3 Å². The summed E-state index contributed by atoms with van der Waals surface area (Å²) < 4.78 is 0. The third-order valence-corrected chi connectivity index (χ3v) is 4.28. The molecule has 2 aliphatic rings. The van der Waals surface area contributed by atoms with Gasteiger partial charge >= 0.3 is 0 Å². The number of nitrogen functional groups attached to an aromatic ring is 1. The molecule has 2 N–H and O–H groups in total. The number of aryl methyl sites for hydroxylation is 1. The highest BCUT2D eigenvalue weighted by molar-refractivity contribution is 5.45. The predicted octanol–water partition coefficient (Wildman–Crippen LogP) is 2.47. The van der Waals surface area contributed by atoms with Crippen LogP contribution >= 0.6 is 0 Å². The van der Waals surface area contributed by atoms with Crippen molar-refractivity contribution < 1.29 is 0 Å². The number of hydrogen-bond donors (Lipinski definition) is 1. The van der Waals surface area contributed by atoms with Crippen molar-refractivity contribution in [1.29, 1.82) is 0 Å². The Hall–Kier alpha value is -1.02. The molecule has 1 heterocycles. The van der Waals surface area contributed by atoms with Crippen LogP contribution in [0.15, 0.2) is 18.2 Å². The molecular weight excluding hydrogens is 208 g/mol. The molecule has 1 aromatic rings. The van der Waals surface area contributed by atoms with Gasteiger partial charge in [-0.05, 0) is 74.4 Å². The molecule has 92 valence electrons. The maximum absolute atomic E-state index is 5.84. The van der Waals surface area contributed by atoms with Crippen LogP contribution in [0.1, 0.15) is 30.4 Å². The Labute approximate surface area is 104 Å². The van der Waals surface area contributed by atoms with Gasteiger partial charge in [0.2, 0.25) is 0 Å². The molecule has 1 aliphatic carbocycles. The molecule has 1 atom stereocenters. The van der Waals surface area contributed by atoms with Gasteiger partial charge in [-0.2, -0.15) is 0 Å². The first-order valence-electron chi connectivity index (χ1n) is 6.91. The van der Waals surface area contributed by atoms with E-state index in [0.717, 1.165) is 11.6 Å². The second-order valence-electron chi connectivity index (χ2n) is 5.64. The summed E-state index contributed by atoms with van der Waals surface area (Å²) in [7, 11) is 0. The van der Waals surface area contributed by atoms with Gasteiger partial charge in [0.15, 0.2) is 0 Å². The number of hydrogen-bond acceptors (Lipinski definition) is 2. The Bertz CT molecular complexity index is 394. The molecule has 0 aromatic heterocycles. The van der Waals surface area contributed by atoms with Gasteiger partial charge in [-0.3, -0.25) is 0 Å². The Kier molecular flexibility index (Phi) is 3.06. The molecule has 1 unspecified atom stereocenters. The number of nitrogens with zero attached hydrogens (tertiary/aromatic N) is 1. The molecule has 0 radical (unpaired) electrons. The lowest BCUT2D eigenvalue weighted by Crippen LogP contribution is -2.30. The normalized spacial score (nSPS) is 24.8. The fourth-order valence-electron chi connectivity index (χ4n) is 3.34. The fraction of sp³-hybridized carbons (Fsp3) is 0.600. The third-order valence-electron chi connectivity index (χ3n) is 4.28. The largest absolute Gasteiger partial charge is 0.399 e. The summed E-state index contributed by atoms with van der Waals surface area (Å²) in [5.74, 6) is 0.865. The molecule has 1 aliphatic heterocycles. The van der Waals surface area contributed by atoms with E-state index in [1.54, 1.807) is 0 Å². The zero-order chi connectivity index (χ0) is 11.7. The van der Waals surface area contributed by atoms with E-state index >= 15 is 0 Å². The predicted molar refractivity (Wildman–Crippen MR) is 72.0 cm³/mol. The molecule has 17 heavy (non-hydrogen) atoms. The highest BCUT2D eigenvalue weighted by atomic mass is 15.1. The van der Waals surface area contributed by atoms with Crippen molar-refractivity contribution in [1.82, 2.24) is 4.90 Å². The maximum atomic E-state index is 5.84. The SMILES string of the molecule is Nc1ccc2c(c1)CCC(CN1CCCC1)C2. The summed E-state index contributed by atoms with van der Waals surface area (Å²) in [6.45, 7) is 3.96. The van der Waals surface area contributed by atoms with E-state index in [0.29, 0.717) is 0 Å². The summed E-state index contributed by atoms with van der Waals surface area (Å²) in [5, 5.41) is 0. The van der Waals surface area contributed by atoms with E-state index in [4.69, 9.17) is 5.73 Å². The number of rotatable bonds is 2. The van der Waals surface area contributed by atoms with Gasteiger partial charge in [0.05, 0.1) is 0 Å². The van der Waals surface area contributed by atoms with Gasteiger partial charge in [-0.15, -0.1) is 0 Å². The van der Waals surface area contributed by atoms with Crippen LogP contribution in [0.2, 0.25) is 0 Å². The van der Waals surface area contributed by atoms with Crippen LogP contribution in [0.5, 0.6) is 0 Å². The van der Waals surface area contributed by atoms with E-state index in [2.05, 4.69) is 23.1 Å². The van der Waals surface area contributed by atoms with Gasteiger partial charge in [0.1, 0.15) is 0 Å². The number of fused-ring (bicyclic) bond motifs is 1. The van der Waals surface area contributed by atoms with E-state index in [-0.39, 0.29) is 0 Å². The van der Waals surface area contributed by atoms with Gasteiger partial charge in [0.25, 0.3) is 0 Å². The fourth-order valence-corrected chi connectivity index (χ4v) is 3.34. The molecule has 3 rings (SSSR count). The topological polar surface area (TPSA) is 29.3 Å². The maximum Gasteiger partial charge on any atom is 0.0316 e. The van der Waals surface area contributed by atoms with E-state index < -0.39 is 0 Å². The molecular formula is C15H22N2. The molecule has 2 nitrogen and oxygen atoms in total. The highest BCUT2D eigenvalue weighted by Crippen LogP contribution is 2.28. The van der Waals surface area contributed by atoms with Crippen molar-refractivity contribution in [2.45, 2.75) is 32.1 Å². The number of benzene rings is 1. The van der Waals surface area contributed by atoms with Gasteiger partial charge in [-0.1, -0.05) is 6.07 Å². The Morgan fingerprint density at radius 1 is 1.18 bits per heavy atom. The van der Waals surface area contributed by atoms with Gasteiger partial charge in [0, 0.05) is 12.2 Å². The Morgan fingerprint density at radius 2 is 2.00 bits per heavy atom. The molecule has 0 spiro atoms. The summed E-state index contributed by atoms with van der Waals surface area (Å²) in [6.07, 6.45) is 6.62. The second kappa shape index (κ2) is 4.69. The molecule has 1 saturated heterocycles. The zero-order valence-corrected chi connectivity index (χ0v) is 10.5. The molecule has 1 aromatic carbocycles.